The van der Waals surface area contributed by atoms with Gasteiger partial charge in [0, 0.05) is 25.5 Å². The molecule has 2 aromatic rings. The van der Waals surface area contributed by atoms with Crippen molar-refractivity contribution >= 4 is 17.1 Å². The SMILES string of the molecule is c1cnc2nc(N3CCOCC3)ncc2n1. The molecule has 0 aromatic carbocycles. The quantitative estimate of drug-likeness (QED) is 0.682. The van der Waals surface area contributed by atoms with Crippen LogP contribution in [0.5, 0.6) is 0 Å². The zero-order valence-corrected chi connectivity index (χ0v) is 8.70. The maximum Gasteiger partial charge on any atom is 0.227 e. The second kappa shape index (κ2) is 3.97. The summed E-state index contributed by atoms with van der Waals surface area (Å²) < 4.78 is 5.28. The summed E-state index contributed by atoms with van der Waals surface area (Å²) in [5.74, 6) is 0.705. The molecule has 82 valence electrons. The first-order valence-electron chi connectivity index (χ1n) is 5.20. The molecule has 0 unspecified atom stereocenters. The summed E-state index contributed by atoms with van der Waals surface area (Å²) in [6.07, 6.45) is 4.98. The van der Waals surface area contributed by atoms with Gasteiger partial charge >= 0.3 is 0 Å². The first-order valence-corrected chi connectivity index (χ1v) is 5.20. The van der Waals surface area contributed by atoms with Gasteiger partial charge in [-0.25, -0.2) is 15.0 Å². The average Bonchev–Trinajstić information content (AvgIpc) is 2.39. The molecular weight excluding hydrogens is 206 g/mol. The summed E-state index contributed by atoms with van der Waals surface area (Å²) in [5.41, 5.74) is 1.36. The van der Waals surface area contributed by atoms with Crippen molar-refractivity contribution in [2.24, 2.45) is 0 Å². The van der Waals surface area contributed by atoms with E-state index in [0.29, 0.717) is 11.6 Å². The van der Waals surface area contributed by atoms with E-state index in [1.807, 2.05) is 0 Å². The van der Waals surface area contributed by atoms with Crippen molar-refractivity contribution in [2.75, 3.05) is 31.2 Å². The third kappa shape index (κ3) is 1.67. The van der Waals surface area contributed by atoms with E-state index in [2.05, 4.69) is 24.8 Å². The Morgan fingerprint density at radius 3 is 2.75 bits per heavy atom. The Morgan fingerprint density at radius 1 is 1.06 bits per heavy atom. The summed E-state index contributed by atoms with van der Waals surface area (Å²) in [6.45, 7) is 3.10. The topological polar surface area (TPSA) is 64.0 Å². The van der Waals surface area contributed by atoms with E-state index >= 15 is 0 Å². The zero-order valence-electron chi connectivity index (χ0n) is 8.70. The molecule has 1 saturated heterocycles. The maximum atomic E-state index is 5.28. The molecule has 1 fully saturated rings. The summed E-state index contributed by atoms with van der Waals surface area (Å²) in [4.78, 5) is 19.1. The average molecular weight is 217 g/mol. The van der Waals surface area contributed by atoms with Crippen LogP contribution in [-0.4, -0.2) is 46.2 Å². The fourth-order valence-corrected chi connectivity index (χ4v) is 1.68. The minimum absolute atomic E-state index is 0.638. The summed E-state index contributed by atoms with van der Waals surface area (Å²) >= 11 is 0. The highest BCUT2D eigenvalue weighted by Gasteiger charge is 2.14. The minimum atomic E-state index is 0.638. The molecule has 2 aromatic heterocycles. The van der Waals surface area contributed by atoms with Gasteiger partial charge in [-0.1, -0.05) is 0 Å². The second-order valence-electron chi connectivity index (χ2n) is 3.53. The van der Waals surface area contributed by atoms with Crippen LogP contribution in [0.4, 0.5) is 5.95 Å². The number of nitrogens with zero attached hydrogens (tertiary/aromatic N) is 5. The van der Waals surface area contributed by atoms with Crippen molar-refractivity contribution in [3.63, 3.8) is 0 Å². The Balaban J connectivity index is 1.97. The summed E-state index contributed by atoms with van der Waals surface area (Å²) in [5, 5.41) is 0. The van der Waals surface area contributed by atoms with Crippen LogP contribution in [0.1, 0.15) is 0 Å². The monoisotopic (exact) mass is 217 g/mol. The highest BCUT2D eigenvalue weighted by Crippen LogP contribution is 2.12. The normalized spacial score (nSPS) is 16.6. The third-order valence-corrected chi connectivity index (χ3v) is 2.51. The van der Waals surface area contributed by atoms with Gasteiger partial charge < -0.3 is 9.64 Å². The first kappa shape index (κ1) is 9.41. The Hall–Kier alpha value is -1.82. The number of hydrogen-bond donors (Lipinski definition) is 0. The molecule has 0 amide bonds. The number of ether oxygens (including phenoxy) is 1. The van der Waals surface area contributed by atoms with Crippen LogP contribution in [0.3, 0.4) is 0 Å². The standard InChI is InChI=1S/C10H11N5O/c1-2-12-9-8(11-1)7-13-10(14-9)15-3-5-16-6-4-15/h1-2,7H,3-6H2. The predicted octanol–water partition coefficient (Wildman–Crippen LogP) is 0.256. The summed E-state index contributed by atoms with van der Waals surface area (Å²) in [7, 11) is 0. The number of anilines is 1. The molecular formula is C10H11N5O. The third-order valence-electron chi connectivity index (χ3n) is 2.51. The molecule has 0 saturated carbocycles. The smallest absolute Gasteiger partial charge is 0.227 e. The van der Waals surface area contributed by atoms with Crippen LogP contribution >= 0.6 is 0 Å². The fourth-order valence-electron chi connectivity index (χ4n) is 1.68. The van der Waals surface area contributed by atoms with Crippen LogP contribution in [0, 0.1) is 0 Å². The van der Waals surface area contributed by atoms with E-state index < -0.39 is 0 Å². The van der Waals surface area contributed by atoms with Crippen LogP contribution in [0.2, 0.25) is 0 Å². The molecule has 0 N–H and O–H groups in total. The molecule has 0 radical (unpaired) electrons. The second-order valence-corrected chi connectivity index (χ2v) is 3.53. The van der Waals surface area contributed by atoms with Crippen molar-refractivity contribution in [1.29, 1.82) is 0 Å². The molecule has 16 heavy (non-hydrogen) atoms. The molecule has 3 heterocycles. The molecule has 3 rings (SSSR count). The van der Waals surface area contributed by atoms with E-state index in [-0.39, 0.29) is 0 Å². The highest BCUT2D eigenvalue weighted by atomic mass is 16.5. The molecule has 6 heteroatoms. The lowest BCUT2D eigenvalue weighted by atomic mass is 10.4. The van der Waals surface area contributed by atoms with E-state index in [9.17, 15) is 0 Å². The van der Waals surface area contributed by atoms with E-state index in [1.165, 1.54) is 0 Å². The number of fused-ring (bicyclic) bond motifs is 1. The van der Waals surface area contributed by atoms with Gasteiger partial charge in [0.05, 0.1) is 19.4 Å². The van der Waals surface area contributed by atoms with Crippen LogP contribution in [0.15, 0.2) is 18.6 Å². The zero-order chi connectivity index (χ0) is 10.8. The molecule has 0 bridgehead atoms. The van der Waals surface area contributed by atoms with Crippen LogP contribution < -0.4 is 4.90 Å². The predicted molar refractivity (Wildman–Crippen MR) is 58.2 cm³/mol. The van der Waals surface area contributed by atoms with E-state index in [0.717, 1.165) is 31.8 Å². The van der Waals surface area contributed by atoms with Gasteiger partial charge in [-0.2, -0.15) is 4.98 Å². The van der Waals surface area contributed by atoms with Gasteiger partial charge in [-0.15, -0.1) is 0 Å². The maximum absolute atomic E-state index is 5.28. The number of morpholine rings is 1. The van der Waals surface area contributed by atoms with Crippen LogP contribution in [-0.2, 0) is 4.74 Å². The molecule has 6 nitrogen and oxygen atoms in total. The van der Waals surface area contributed by atoms with Crippen LogP contribution in [0.25, 0.3) is 11.2 Å². The lowest BCUT2D eigenvalue weighted by molar-refractivity contribution is 0.122. The highest BCUT2D eigenvalue weighted by molar-refractivity contribution is 5.69. The van der Waals surface area contributed by atoms with Gasteiger partial charge in [0.1, 0.15) is 5.52 Å². The van der Waals surface area contributed by atoms with Crippen molar-refractivity contribution < 1.29 is 4.74 Å². The molecule has 0 atom stereocenters. The number of rotatable bonds is 1. The number of hydrogen-bond acceptors (Lipinski definition) is 6. The van der Waals surface area contributed by atoms with Gasteiger partial charge in [0.2, 0.25) is 5.95 Å². The van der Waals surface area contributed by atoms with Crippen molar-refractivity contribution in [3.05, 3.63) is 18.6 Å². The van der Waals surface area contributed by atoms with Gasteiger partial charge in [0.15, 0.2) is 5.65 Å². The number of aromatic nitrogens is 4. The Labute approximate surface area is 92.3 Å². The van der Waals surface area contributed by atoms with Gasteiger partial charge in [0.25, 0.3) is 0 Å². The van der Waals surface area contributed by atoms with Crippen molar-refractivity contribution in [3.8, 4) is 0 Å². The summed E-state index contributed by atoms with van der Waals surface area (Å²) in [6, 6.07) is 0. The van der Waals surface area contributed by atoms with E-state index in [4.69, 9.17) is 4.74 Å². The van der Waals surface area contributed by atoms with Gasteiger partial charge in [-0.05, 0) is 0 Å². The first-order chi connectivity index (χ1) is 7.93. The van der Waals surface area contributed by atoms with Crippen molar-refractivity contribution in [1.82, 2.24) is 19.9 Å². The Bertz CT molecular complexity index is 497. The lowest BCUT2D eigenvalue weighted by Crippen LogP contribution is -2.37. The van der Waals surface area contributed by atoms with Crippen molar-refractivity contribution in [2.45, 2.75) is 0 Å². The molecule has 1 aliphatic heterocycles. The Kier molecular flexibility index (Phi) is 2.34. The fraction of sp³-hybridized carbons (Fsp3) is 0.400. The molecule has 0 spiro atoms. The lowest BCUT2D eigenvalue weighted by Gasteiger charge is -2.26. The largest absolute Gasteiger partial charge is 0.378 e. The van der Waals surface area contributed by atoms with Gasteiger partial charge in [-0.3, -0.25) is 0 Å². The minimum Gasteiger partial charge on any atom is -0.378 e. The Morgan fingerprint density at radius 2 is 1.88 bits per heavy atom. The molecule has 0 aliphatic carbocycles. The molecule has 1 aliphatic rings. The van der Waals surface area contributed by atoms with E-state index in [1.54, 1.807) is 18.6 Å².